The minimum atomic E-state index is -0.827. The van der Waals surface area contributed by atoms with E-state index in [0.717, 1.165) is 18.4 Å². The molecule has 1 aliphatic carbocycles. The average Bonchev–Trinajstić information content (AvgIpc) is 2.91. The van der Waals surface area contributed by atoms with Gasteiger partial charge in [-0.1, -0.05) is 36.6 Å². The van der Waals surface area contributed by atoms with Crippen molar-refractivity contribution in [3.8, 4) is 0 Å². The van der Waals surface area contributed by atoms with Gasteiger partial charge in [-0.05, 0) is 37.3 Å². The number of benzene rings is 1. The van der Waals surface area contributed by atoms with Gasteiger partial charge < -0.3 is 4.74 Å². The van der Waals surface area contributed by atoms with Crippen LogP contribution in [0.2, 0.25) is 5.02 Å². The number of carbonyl (C=O) groups is 2. The lowest BCUT2D eigenvalue weighted by atomic mass is 9.96. The fourth-order valence-corrected chi connectivity index (χ4v) is 2.89. The molecule has 0 unspecified atom stereocenters. The molecular weight excluding hydrogens is 264 g/mol. The number of rotatable bonds is 4. The molecule has 1 aromatic rings. The van der Waals surface area contributed by atoms with Crippen molar-refractivity contribution in [1.29, 1.82) is 0 Å². The first-order valence-electron chi connectivity index (χ1n) is 6.64. The number of hydrogen-bond donors (Lipinski definition) is 0. The van der Waals surface area contributed by atoms with E-state index in [-0.39, 0.29) is 6.61 Å². The molecule has 1 fully saturated rings. The molecule has 4 heteroatoms. The van der Waals surface area contributed by atoms with Crippen molar-refractivity contribution in [2.75, 3.05) is 6.61 Å². The Balaban J connectivity index is 2.18. The molecule has 1 saturated carbocycles. The van der Waals surface area contributed by atoms with E-state index in [1.807, 2.05) is 6.07 Å². The minimum Gasteiger partial charge on any atom is -0.460 e. The van der Waals surface area contributed by atoms with Gasteiger partial charge in [-0.3, -0.25) is 4.79 Å². The summed E-state index contributed by atoms with van der Waals surface area (Å²) in [5.74, 6) is -0.979. The van der Waals surface area contributed by atoms with Gasteiger partial charge in [-0.15, -0.1) is 0 Å². The number of ether oxygens (including phenoxy) is 1. The normalized spacial score (nSPS) is 15.5. The Labute approximate surface area is 117 Å². The van der Waals surface area contributed by atoms with Crippen LogP contribution < -0.4 is 0 Å². The van der Waals surface area contributed by atoms with E-state index >= 15 is 0 Å². The molecule has 0 amide bonds. The average molecular weight is 281 g/mol. The van der Waals surface area contributed by atoms with Crippen LogP contribution in [0, 0.1) is 0 Å². The number of ketones is 1. The lowest BCUT2D eigenvalue weighted by molar-refractivity contribution is -0.137. The summed E-state index contributed by atoms with van der Waals surface area (Å²) in [5, 5.41) is 0.571. The first kappa shape index (κ1) is 14.1. The van der Waals surface area contributed by atoms with Crippen LogP contribution in [-0.4, -0.2) is 18.4 Å². The van der Waals surface area contributed by atoms with Crippen molar-refractivity contribution in [2.24, 2.45) is 0 Å². The quantitative estimate of drug-likeness (QED) is 0.479. The molecule has 0 atom stereocenters. The van der Waals surface area contributed by atoms with E-state index in [4.69, 9.17) is 16.3 Å². The number of halogens is 1. The molecule has 3 nitrogen and oxygen atoms in total. The van der Waals surface area contributed by atoms with Crippen LogP contribution in [0.3, 0.4) is 0 Å². The highest BCUT2D eigenvalue weighted by Gasteiger charge is 2.22. The molecule has 0 aromatic heterocycles. The van der Waals surface area contributed by atoms with Crippen LogP contribution in [-0.2, 0) is 9.53 Å². The van der Waals surface area contributed by atoms with Crippen molar-refractivity contribution in [3.63, 3.8) is 0 Å². The van der Waals surface area contributed by atoms with E-state index in [0.29, 0.717) is 16.5 Å². The first-order valence-corrected chi connectivity index (χ1v) is 7.02. The zero-order chi connectivity index (χ0) is 13.8. The predicted octanol–water partition coefficient (Wildman–Crippen LogP) is 3.74. The summed E-state index contributed by atoms with van der Waals surface area (Å²) in [6.07, 6.45) is 4.74. The summed E-state index contributed by atoms with van der Waals surface area (Å²) in [6, 6.07) is 5.11. The SMILES string of the molecule is CCOC(=O)C(=O)c1ccc(C2CCCC2)c(Cl)c1. The molecule has 0 saturated heterocycles. The second kappa shape index (κ2) is 6.20. The maximum Gasteiger partial charge on any atom is 0.379 e. The van der Waals surface area contributed by atoms with E-state index in [2.05, 4.69) is 0 Å². The summed E-state index contributed by atoms with van der Waals surface area (Å²) >= 11 is 6.23. The van der Waals surface area contributed by atoms with Crippen molar-refractivity contribution < 1.29 is 14.3 Å². The molecule has 2 rings (SSSR count). The van der Waals surface area contributed by atoms with Crippen LogP contribution in [0.15, 0.2) is 18.2 Å². The third kappa shape index (κ3) is 3.16. The monoisotopic (exact) mass is 280 g/mol. The number of Topliss-reactive ketones (excluding diaryl/α,β-unsaturated/α-hetero) is 1. The summed E-state index contributed by atoms with van der Waals surface area (Å²) in [5.41, 5.74) is 1.38. The fourth-order valence-electron chi connectivity index (χ4n) is 2.55. The Bertz CT molecular complexity index is 490. The maximum atomic E-state index is 11.8. The predicted molar refractivity (Wildman–Crippen MR) is 73.6 cm³/mol. The first-order chi connectivity index (χ1) is 9.13. The molecule has 0 heterocycles. The Morgan fingerprint density at radius 3 is 2.58 bits per heavy atom. The van der Waals surface area contributed by atoms with Gasteiger partial charge in [-0.25, -0.2) is 4.79 Å². The Hall–Kier alpha value is -1.35. The Kier molecular flexibility index (Phi) is 4.59. The second-order valence-electron chi connectivity index (χ2n) is 4.77. The molecule has 19 heavy (non-hydrogen) atoms. The summed E-state index contributed by atoms with van der Waals surface area (Å²) < 4.78 is 4.70. The van der Waals surface area contributed by atoms with Gasteiger partial charge in [0, 0.05) is 10.6 Å². The zero-order valence-corrected chi connectivity index (χ0v) is 11.7. The van der Waals surface area contributed by atoms with Gasteiger partial charge in [0.25, 0.3) is 5.78 Å². The van der Waals surface area contributed by atoms with Crippen LogP contribution >= 0.6 is 11.6 Å². The van der Waals surface area contributed by atoms with Crippen LogP contribution in [0.5, 0.6) is 0 Å². The molecule has 102 valence electrons. The summed E-state index contributed by atoms with van der Waals surface area (Å²) in [7, 11) is 0. The molecular formula is C15H17ClO3. The highest BCUT2D eigenvalue weighted by Crippen LogP contribution is 2.37. The topological polar surface area (TPSA) is 43.4 Å². The molecule has 0 radical (unpaired) electrons. The van der Waals surface area contributed by atoms with Crippen molar-refractivity contribution in [3.05, 3.63) is 34.3 Å². The van der Waals surface area contributed by atoms with Crippen molar-refractivity contribution in [2.45, 2.75) is 38.5 Å². The molecule has 0 spiro atoms. The third-order valence-electron chi connectivity index (χ3n) is 3.52. The molecule has 0 aliphatic heterocycles. The molecule has 0 bridgehead atoms. The highest BCUT2D eigenvalue weighted by molar-refractivity contribution is 6.41. The highest BCUT2D eigenvalue weighted by atomic mass is 35.5. The van der Waals surface area contributed by atoms with Gasteiger partial charge in [0.2, 0.25) is 0 Å². The van der Waals surface area contributed by atoms with Gasteiger partial charge in [0.05, 0.1) is 6.61 Å². The summed E-state index contributed by atoms with van der Waals surface area (Å²) in [6.45, 7) is 1.86. The van der Waals surface area contributed by atoms with E-state index in [1.54, 1.807) is 19.1 Å². The standard InChI is InChI=1S/C15H17ClO3/c1-2-19-15(18)14(17)11-7-8-12(13(16)9-11)10-5-3-4-6-10/h7-10H,2-6H2,1H3. The maximum absolute atomic E-state index is 11.8. The van der Waals surface area contributed by atoms with Gasteiger partial charge in [0.1, 0.15) is 0 Å². The lowest BCUT2D eigenvalue weighted by Gasteiger charge is -2.12. The summed E-state index contributed by atoms with van der Waals surface area (Å²) in [4.78, 5) is 23.2. The number of esters is 1. The minimum absolute atomic E-state index is 0.193. The van der Waals surface area contributed by atoms with E-state index < -0.39 is 11.8 Å². The van der Waals surface area contributed by atoms with Crippen LogP contribution in [0.4, 0.5) is 0 Å². The Morgan fingerprint density at radius 1 is 1.32 bits per heavy atom. The molecule has 1 aromatic carbocycles. The zero-order valence-electron chi connectivity index (χ0n) is 10.9. The smallest absolute Gasteiger partial charge is 0.379 e. The van der Waals surface area contributed by atoms with Gasteiger partial charge in [0.15, 0.2) is 0 Å². The number of hydrogen-bond acceptors (Lipinski definition) is 3. The van der Waals surface area contributed by atoms with E-state index in [1.165, 1.54) is 12.8 Å². The lowest BCUT2D eigenvalue weighted by Crippen LogP contribution is -2.17. The van der Waals surface area contributed by atoms with Crippen LogP contribution in [0.25, 0.3) is 0 Å². The van der Waals surface area contributed by atoms with Crippen molar-refractivity contribution in [1.82, 2.24) is 0 Å². The molecule has 0 N–H and O–H groups in total. The van der Waals surface area contributed by atoms with E-state index in [9.17, 15) is 9.59 Å². The number of carbonyl (C=O) groups excluding carboxylic acids is 2. The van der Waals surface area contributed by atoms with Gasteiger partial charge in [-0.2, -0.15) is 0 Å². The van der Waals surface area contributed by atoms with Crippen molar-refractivity contribution >= 4 is 23.4 Å². The fraction of sp³-hybridized carbons (Fsp3) is 0.467. The Morgan fingerprint density at radius 2 is 2.00 bits per heavy atom. The molecule has 1 aliphatic rings. The second-order valence-corrected chi connectivity index (χ2v) is 5.17. The largest absolute Gasteiger partial charge is 0.460 e. The third-order valence-corrected chi connectivity index (χ3v) is 3.85. The van der Waals surface area contributed by atoms with Crippen LogP contribution in [0.1, 0.15) is 54.4 Å². The van der Waals surface area contributed by atoms with Gasteiger partial charge >= 0.3 is 5.97 Å².